The number of hydrogen-bond donors (Lipinski definition) is 1. The van der Waals surface area contributed by atoms with Crippen LogP contribution in [0.2, 0.25) is 0 Å². The van der Waals surface area contributed by atoms with Crippen LogP contribution in [0.5, 0.6) is 5.75 Å². The van der Waals surface area contributed by atoms with Crippen molar-refractivity contribution in [1.82, 2.24) is 9.62 Å². The summed E-state index contributed by atoms with van der Waals surface area (Å²) in [6, 6.07) is 12.9. The summed E-state index contributed by atoms with van der Waals surface area (Å²) in [5.41, 5.74) is 0.489. The topological polar surface area (TPSA) is 79.0 Å². The Morgan fingerprint density at radius 3 is 2.29 bits per heavy atom. The van der Waals surface area contributed by atoms with Gasteiger partial charge in [0.25, 0.3) is 5.91 Å². The molecule has 34 heavy (non-hydrogen) atoms. The van der Waals surface area contributed by atoms with E-state index in [9.17, 15) is 17.6 Å². The fraction of sp³-hybridized carbons (Fsp3) is 0.480. The number of nitrogens with zero attached hydrogens (tertiary/aromatic N) is 2. The highest BCUT2D eigenvalue weighted by Gasteiger charge is 2.29. The second-order valence-corrected chi connectivity index (χ2v) is 10.9. The molecule has 1 atom stereocenters. The molecule has 0 spiro atoms. The van der Waals surface area contributed by atoms with Gasteiger partial charge in [0.1, 0.15) is 11.6 Å². The second-order valence-electron chi connectivity index (χ2n) is 8.92. The van der Waals surface area contributed by atoms with Crippen LogP contribution in [0.4, 0.5) is 10.1 Å². The molecular weight excluding hydrogens is 457 g/mol. The first-order chi connectivity index (χ1) is 16.3. The Kier molecular flexibility index (Phi) is 7.73. The molecule has 0 unspecified atom stereocenters. The number of benzene rings is 2. The zero-order chi connectivity index (χ0) is 24.1. The third kappa shape index (κ3) is 5.70. The van der Waals surface area contributed by atoms with E-state index in [1.54, 1.807) is 37.3 Å². The Bertz CT molecular complexity index is 1080. The highest BCUT2D eigenvalue weighted by atomic mass is 32.2. The lowest BCUT2D eigenvalue weighted by Gasteiger charge is -2.35. The molecular formula is C25H32FN3O4S. The molecule has 2 fully saturated rings. The SMILES string of the molecule is C[C@@H](Oc1ccc(S(=O)(=O)N2CCN(c3ccccc3F)CC2)cc1)C(=O)NC1CCCCC1. The van der Waals surface area contributed by atoms with Crippen LogP contribution >= 0.6 is 0 Å². The second kappa shape index (κ2) is 10.7. The minimum Gasteiger partial charge on any atom is -0.481 e. The van der Waals surface area contributed by atoms with Gasteiger partial charge in [0, 0.05) is 32.2 Å². The number of sulfonamides is 1. The molecule has 4 rings (SSSR count). The number of halogens is 1. The predicted molar refractivity (Wildman–Crippen MR) is 129 cm³/mol. The summed E-state index contributed by atoms with van der Waals surface area (Å²) in [6.45, 7) is 3.06. The van der Waals surface area contributed by atoms with E-state index in [-0.39, 0.29) is 35.8 Å². The maximum Gasteiger partial charge on any atom is 0.260 e. The van der Waals surface area contributed by atoms with Gasteiger partial charge in [-0.05, 0) is 56.2 Å². The Morgan fingerprint density at radius 2 is 1.65 bits per heavy atom. The Labute approximate surface area is 200 Å². The van der Waals surface area contributed by atoms with Gasteiger partial charge in [-0.25, -0.2) is 12.8 Å². The third-order valence-corrected chi connectivity index (χ3v) is 8.44. The van der Waals surface area contributed by atoms with Crippen molar-refractivity contribution in [2.24, 2.45) is 0 Å². The Balaban J connectivity index is 1.32. The van der Waals surface area contributed by atoms with Gasteiger partial charge >= 0.3 is 0 Å². The van der Waals surface area contributed by atoms with Crippen LogP contribution in [0.25, 0.3) is 0 Å². The Hall–Kier alpha value is -2.65. The van der Waals surface area contributed by atoms with Crippen LogP contribution in [-0.2, 0) is 14.8 Å². The van der Waals surface area contributed by atoms with Gasteiger partial charge in [-0.15, -0.1) is 0 Å². The molecule has 0 radical (unpaired) electrons. The average molecular weight is 490 g/mol. The van der Waals surface area contributed by atoms with E-state index < -0.39 is 16.1 Å². The van der Waals surface area contributed by atoms with Crippen LogP contribution in [0, 0.1) is 5.82 Å². The fourth-order valence-corrected chi connectivity index (χ4v) is 5.96. The zero-order valence-corrected chi connectivity index (χ0v) is 20.3. The average Bonchev–Trinajstić information content (AvgIpc) is 2.85. The van der Waals surface area contributed by atoms with Gasteiger partial charge in [0.15, 0.2) is 6.10 Å². The van der Waals surface area contributed by atoms with Gasteiger partial charge in [0.2, 0.25) is 10.0 Å². The first kappa shape index (κ1) is 24.5. The summed E-state index contributed by atoms with van der Waals surface area (Å²) < 4.78 is 47.4. The van der Waals surface area contributed by atoms with Gasteiger partial charge in [-0.1, -0.05) is 31.4 Å². The van der Waals surface area contributed by atoms with Crippen LogP contribution in [0.3, 0.4) is 0 Å². The van der Waals surface area contributed by atoms with Crippen LogP contribution < -0.4 is 15.0 Å². The van der Waals surface area contributed by atoms with Crippen molar-refractivity contribution in [3.8, 4) is 5.75 Å². The molecule has 0 aromatic heterocycles. The molecule has 1 amide bonds. The molecule has 1 aliphatic heterocycles. The summed E-state index contributed by atoms with van der Waals surface area (Å²) >= 11 is 0. The quantitative estimate of drug-likeness (QED) is 0.644. The lowest BCUT2D eigenvalue weighted by molar-refractivity contribution is -0.128. The maximum atomic E-state index is 14.1. The lowest BCUT2D eigenvalue weighted by Crippen LogP contribution is -2.48. The summed E-state index contributed by atoms with van der Waals surface area (Å²) in [4.78, 5) is 14.5. The van der Waals surface area contributed by atoms with Crippen molar-refractivity contribution in [1.29, 1.82) is 0 Å². The smallest absolute Gasteiger partial charge is 0.260 e. The summed E-state index contributed by atoms with van der Waals surface area (Å²) in [5.74, 6) is -0.0259. The van der Waals surface area contributed by atoms with E-state index in [4.69, 9.17) is 4.74 Å². The number of carbonyl (C=O) groups excluding carboxylic acids is 1. The summed E-state index contributed by atoms with van der Waals surface area (Å²) in [7, 11) is -3.68. The molecule has 1 N–H and O–H groups in total. The van der Waals surface area contributed by atoms with E-state index in [1.165, 1.54) is 28.9 Å². The van der Waals surface area contributed by atoms with Crippen molar-refractivity contribution in [3.63, 3.8) is 0 Å². The van der Waals surface area contributed by atoms with Gasteiger partial charge in [0.05, 0.1) is 10.6 Å². The van der Waals surface area contributed by atoms with Crippen LogP contribution in [0.1, 0.15) is 39.0 Å². The van der Waals surface area contributed by atoms with Gasteiger partial charge < -0.3 is 15.0 Å². The van der Waals surface area contributed by atoms with Crippen LogP contribution in [-0.4, -0.2) is 57.0 Å². The van der Waals surface area contributed by atoms with Crippen molar-refractivity contribution in [2.45, 2.75) is 56.1 Å². The third-order valence-electron chi connectivity index (χ3n) is 6.53. The lowest BCUT2D eigenvalue weighted by atomic mass is 9.95. The standard InChI is InChI=1S/C25H32FN3O4S/c1-19(25(30)27-20-7-3-2-4-8-20)33-21-11-13-22(14-12-21)34(31,32)29-17-15-28(16-18-29)24-10-6-5-9-23(24)26/h5-6,9-14,19-20H,2-4,7-8,15-18H2,1H3,(H,27,30)/t19-/m1/s1. The highest BCUT2D eigenvalue weighted by Crippen LogP contribution is 2.25. The van der Waals surface area contributed by atoms with E-state index in [2.05, 4.69) is 5.32 Å². The Morgan fingerprint density at radius 1 is 1.00 bits per heavy atom. The first-order valence-corrected chi connectivity index (χ1v) is 13.4. The molecule has 9 heteroatoms. The molecule has 2 aromatic carbocycles. The van der Waals surface area contributed by atoms with Crippen molar-refractivity contribution in [2.75, 3.05) is 31.1 Å². The number of rotatable bonds is 7. The van der Waals surface area contributed by atoms with E-state index in [0.29, 0.717) is 24.5 Å². The van der Waals surface area contributed by atoms with Crippen LogP contribution in [0.15, 0.2) is 53.4 Å². The van der Waals surface area contributed by atoms with E-state index in [1.807, 2.05) is 4.90 Å². The number of hydrogen-bond acceptors (Lipinski definition) is 5. The highest BCUT2D eigenvalue weighted by molar-refractivity contribution is 7.89. The maximum absolute atomic E-state index is 14.1. The van der Waals surface area contributed by atoms with Crippen molar-refractivity contribution >= 4 is 21.6 Å². The van der Waals surface area contributed by atoms with Gasteiger partial charge in [-0.3, -0.25) is 4.79 Å². The number of nitrogens with one attached hydrogen (secondary N) is 1. The number of piperazine rings is 1. The summed E-state index contributed by atoms with van der Waals surface area (Å²) in [6.07, 6.45) is 4.81. The van der Waals surface area contributed by atoms with E-state index >= 15 is 0 Å². The molecule has 7 nitrogen and oxygen atoms in total. The molecule has 2 aromatic rings. The molecule has 184 valence electrons. The minimum atomic E-state index is -3.68. The predicted octanol–water partition coefficient (Wildman–Crippen LogP) is 3.55. The summed E-state index contributed by atoms with van der Waals surface area (Å²) in [5, 5.41) is 3.04. The molecule has 1 saturated carbocycles. The number of amides is 1. The van der Waals surface area contributed by atoms with Crippen molar-refractivity contribution < 1.29 is 22.3 Å². The number of anilines is 1. The largest absolute Gasteiger partial charge is 0.481 e. The minimum absolute atomic E-state index is 0.156. The van der Waals surface area contributed by atoms with E-state index in [0.717, 1.165) is 25.7 Å². The number of ether oxygens (including phenoxy) is 1. The molecule has 1 aliphatic carbocycles. The molecule has 2 aliphatic rings. The molecule has 0 bridgehead atoms. The first-order valence-electron chi connectivity index (χ1n) is 11.9. The molecule has 1 heterocycles. The molecule has 1 saturated heterocycles. The van der Waals surface area contributed by atoms with Gasteiger partial charge in [-0.2, -0.15) is 4.31 Å². The fourth-order valence-electron chi connectivity index (χ4n) is 4.54. The monoisotopic (exact) mass is 489 g/mol. The van der Waals surface area contributed by atoms with Crippen molar-refractivity contribution in [3.05, 3.63) is 54.3 Å². The number of para-hydroxylation sites is 1. The normalized spacial score (nSPS) is 18.9. The number of carbonyl (C=O) groups is 1. The zero-order valence-electron chi connectivity index (χ0n) is 19.5.